The van der Waals surface area contributed by atoms with Gasteiger partial charge in [-0.1, -0.05) is 18.9 Å². The van der Waals surface area contributed by atoms with E-state index in [1.165, 1.54) is 6.42 Å². The van der Waals surface area contributed by atoms with Gasteiger partial charge in [-0.15, -0.1) is 0 Å². The van der Waals surface area contributed by atoms with Gasteiger partial charge < -0.3 is 10.5 Å². The minimum Gasteiger partial charge on any atom is -0.399 e. The van der Waals surface area contributed by atoms with E-state index in [4.69, 9.17) is 5.73 Å². The molecule has 1 aromatic carbocycles. The standard InChI is InChI=1S/C9H14N2S/c1-2-7-12-11-9-5-3-8(10)4-6-9/h3-6,11H,2,7,10H2,1H3. The van der Waals surface area contributed by atoms with Crippen LogP contribution >= 0.6 is 11.9 Å². The molecule has 0 amide bonds. The highest BCUT2D eigenvalue weighted by Crippen LogP contribution is 2.14. The molecule has 0 fully saturated rings. The first-order chi connectivity index (χ1) is 5.83. The average molecular weight is 182 g/mol. The van der Waals surface area contributed by atoms with Gasteiger partial charge in [0, 0.05) is 17.1 Å². The molecule has 0 atom stereocenters. The molecule has 2 nitrogen and oxygen atoms in total. The lowest BCUT2D eigenvalue weighted by Gasteiger charge is -2.03. The van der Waals surface area contributed by atoms with Gasteiger partial charge in [-0.2, -0.15) is 0 Å². The molecule has 0 heterocycles. The van der Waals surface area contributed by atoms with Crippen LogP contribution in [0.5, 0.6) is 0 Å². The lowest BCUT2D eigenvalue weighted by molar-refractivity contribution is 1.11. The Bertz CT molecular complexity index is 220. The van der Waals surface area contributed by atoms with Gasteiger partial charge in [0.25, 0.3) is 0 Å². The Balaban J connectivity index is 2.37. The summed E-state index contributed by atoms with van der Waals surface area (Å²) in [7, 11) is 0. The van der Waals surface area contributed by atoms with Crippen molar-refractivity contribution in [3.05, 3.63) is 24.3 Å². The van der Waals surface area contributed by atoms with Crippen molar-refractivity contribution >= 4 is 23.3 Å². The van der Waals surface area contributed by atoms with E-state index in [0.717, 1.165) is 17.1 Å². The van der Waals surface area contributed by atoms with Crippen molar-refractivity contribution in [2.75, 3.05) is 16.2 Å². The first-order valence-corrected chi connectivity index (χ1v) is 5.05. The molecular formula is C9H14N2S. The summed E-state index contributed by atoms with van der Waals surface area (Å²) in [5, 5.41) is 0. The summed E-state index contributed by atoms with van der Waals surface area (Å²) in [4.78, 5) is 0. The molecule has 0 aliphatic carbocycles. The minimum absolute atomic E-state index is 0.807. The summed E-state index contributed by atoms with van der Waals surface area (Å²) in [6.07, 6.45) is 1.19. The molecule has 0 aromatic heterocycles. The number of nitrogen functional groups attached to an aromatic ring is 1. The molecule has 0 saturated carbocycles. The number of rotatable bonds is 4. The Morgan fingerprint density at radius 3 is 2.58 bits per heavy atom. The Labute approximate surface area is 77.7 Å². The Morgan fingerprint density at radius 1 is 1.33 bits per heavy atom. The second kappa shape index (κ2) is 4.93. The van der Waals surface area contributed by atoms with Crippen LogP contribution < -0.4 is 10.5 Å². The highest BCUT2D eigenvalue weighted by atomic mass is 32.2. The third-order valence-electron chi connectivity index (χ3n) is 1.41. The van der Waals surface area contributed by atoms with Crippen molar-refractivity contribution in [3.63, 3.8) is 0 Å². The zero-order valence-electron chi connectivity index (χ0n) is 7.21. The molecule has 3 N–H and O–H groups in total. The monoisotopic (exact) mass is 182 g/mol. The summed E-state index contributed by atoms with van der Waals surface area (Å²) in [6.45, 7) is 2.16. The molecular weight excluding hydrogens is 168 g/mol. The minimum atomic E-state index is 0.807. The first kappa shape index (κ1) is 9.26. The average Bonchev–Trinajstić information content (AvgIpc) is 2.09. The number of nitrogens with two attached hydrogens (primary N) is 1. The van der Waals surface area contributed by atoms with Crippen LogP contribution in [0, 0.1) is 0 Å². The maximum absolute atomic E-state index is 5.55. The van der Waals surface area contributed by atoms with Gasteiger partial charge in [0.2, 0.25) is 0 Å². The zero-order chi connectivity index (χ0) is 8.81. The van der Waals surface area contributed by atoms with Crippen molar-refractivity contribution in [1.82, 2.24) is 0 Å². The van der Waals surface area contributed by atoms with Crippen LogP contribution in [0.2, 0.25) is 0 Å². The van der Waals surface area contributed by atoms with Gasteiger partial charge in [0.15, 0.2) is 0 Å². The van der Waals surface area contributed by atoms with Gasteiger partial charge in [-0.25, -0.2) is 0 Å². The number of nitrogens with one attached hydrogen (secondary N) is 1. The van der Waals surface area contributed by atoms with E-state index >= 15 is 0 Å². The van der Waals surface area contributed by atoms with Crippen molar-refractivity contribution < 1.29 is 0 Å². The molecule has 0 radical (unpaired) electrons. The van der Waals surface area contributed by atoms with Crippen LogP contribution in [-0.4, -0.2) is 5.75 Å². The second-order valence-corrected chi connectivity index (χ2v) is 3.47. The smallest absolute Gasteiger partial charge is 0.0441 e. The molecule has 0 spiro atoms. The van der Waals surface area contributed by atoms with Crippen LogP contribution in [0.4, 0.5) is 11.4 Å². The van der Waals surface area contributed by atoms with Crippen molar-refractivity contribution in [3.8, 4) is 0 Å². The molecule has 66 valence electrons. The molecule has 1 aromatic rings. The fourth-order valence-electron chi connectivity index (χ4n) is 0.788. The van der Waals surface area contributed by atoms with E-state index in [9.17, 15) is 0 Å². The van der Waals surface area contributed by atoms with E-state index in [0.29, 0.717) is 0 Å². The highest BCUT2D eigenvalue weighted by Gasteiger charge is 1.89. The Kier molecular flexibility index (Phi) is 3.80. The normalized spacial score (nSPS) is 9.75. The van der Waals surface area contributed by atoms with Gasteiger partial charge in [-0.05, 0) is 30.7 Å². The van der Waals surface area contributed by atoms with Crippen LogP contribution in [0.1, 0.15) is 13.3 Å². The van der Waals surface area contributed by atoms with Crippen LogP contribution in [-0.2, 0) is 0 Å². The third kappa shape index (κ3) is 3.05. The largest absolute Gasteiger partial charge is 0.399 e. The number of benzene rings is 1. The first-order valence-electron chi connectivity index (χ1n) is 4.06. The maximum atomic E-state index is 5.55. The lowest BCUT2D eigenvalue weighted by atomic mass is 10.3. The van der Waals surface area contributed by atoms with Crippen LogP contribution in [0.3, 0.4) is 0 Å². The molecule has 0 aliphatic heterocycles. The van der Waals surface area contributed by atoms with E-state index < -0.39 is 0 Å². The maximum Gasteiger partial charge on any atom is 0.0441 e. The van der Waals surface area contributed by atoms with Crippen LogP contribution in [0.25, 0.3) is 0 Å². The number of hydrogen-bond acceptors (Lipinski definition) is 3. The van der Waals surface area contributed by atoms with Crippen molar-refractivity contribution in [1.29, 1.82) is 0 Å². The summed E-state index contributed by atoms with van der Waals surface area (Å²) in [6, 6.07) is 7.76. The summed E-state index contributed by atoms with van der Waals surface area (Å²) in [5.41, 5.74) is 7.47. The second-order valence-electron chi connectivity index (χ2n) is 2.57. The fraction of sp³-hybridized carbons (Fsp3) is 0.333. The molecule has 0 bridgehead atoms. The van der Waals surface area contributed by atoms with Crippen LogP contribution in [0.15, 0.2) is 24.3 Å². The van der Waals surface area contributed by atoms with Gasteiger partial charge in [0.1, 0.15) is 0 Å². The summed E-state index contributed by atoms with van der Waals surface area (Å²) in [5.74, 6) is 1.13. The van der Waals surface area contributed by atoms with Gasteiger partial charge in [0.05, 0.1) is 0 Å². The summed E-state index contributed by atoms with van der Waals surface area (Å²) < 4.78 is 3.23. The Morgan fingerprint density at radius 2 is 2.00 bits per heavy atom. The lowest BCUT2D eigenvalue weighted by Crippen LogP contribution is -1.89. The number of hydrogen-bond donors (Lipinski definition) is 2. The molecule has 0 unspecified atom stereocenters. The molecule has 3 heteroatoms. The molecule has 0 aliphatic rings. The Hall–Kier alpha value is -0.830. The van der Waals surface area contributed by atoms with Gasteiger partial charge >= 0.3 is 0 Å². The number of anilines is 2. The van der Waals surface area contributed by atoms with E-state index in [-0.39, 0.29) is 0 Å². The van der Waals surface area contributed by atoms with Gasteiger partial charge in [-0.3, -0.25) is 0 Å². The zero-order valence-corrected chi connectivity index (χ0v) is 8.03. The molecule has 12 heavy (non-hydrogen) atoms. The topological polar surface area (TPSA) is 38.0 Å². The third-order valence-corrected chi connectivity index (χ3v) is 2.40. The fourth-order valence-corrected chi connectivity index (χ4v) is 1.40. The quantitative estimate of drug-likeness (QED) is 0.427. The van der Waals surface area contributed by atoms with Crippen molar-refractivity contribution in [2.45, 2.75) is 13.3 Å². The highest BCUT2D eigenvalue weighted by molar-refractivity contribution is 8.00. The predicted molar refractivity (Wildman–Crippen MR) is 57.2 cm³/mol. The predicted octanol–water partition coefficient (Wildman–Crippen LogP) is 2.74. The summed E-state index contributed by atoms with van der Waals surface area (Å²) >= 11 is 1.72. The van der Waals surface area contributed by atoms with Crippen molar-refractivity contribution in [2.24, 2.45) is 0 Å². The van der Waals surface area contributed by atoms with E-state index in [1.54, 1.807) is 11.9 Å². The molecule has 0 saturated heterocycles. The van der Waals surface area contributed by atoms with E-state index in [2.05, 4.69) is 11.6 Å². The molecule has 1 rings (SSSR count). The SMILES string of the molecule is CCCSNc1ccc(N)cc1. The van der Waals surface area contributed by atoms with E-state index in [1.807, 2.05) is 24.3 Å².